The Bertz CT molecular complexity index is 615. The van der Waals surface area contributed by atoms with Crippen molar-refractivity contribution in [3.05, 3.63) is 33.0 Å². The lowest BCUT2D eigenvalue weighted by Gasteiger charge is -2.12. The average molecular weight is 279 g/mol. The van der Waals surface area contributed by atoms with E-state index in [2.05, 4.69) is 17.9 Å². The lowest BCUT2D eigenvalue weighted by molar-refractivity contribution is -0.124. The van der Waals surface area contributed by atoms with Gasteiger partial charge in [0.2, 0.25) is 5.12 Å². The number of thiol groups is 1. The quantitative estimate of drug-likeness (QED) is 0.639. The molecule has 0 radical (unpaired) electrons. The molecule has 1 aromatic heterocycles. The Morgan fingerprint density at radius 1 is 1.39 bits per heavy atom. The van der Waals surface area contributed by atoms with Crippen LogP contribution in [0.2, 0.25) is 0 Å². The van der Waals surface area contributed by atoms with Crippen LogP contribution < -0.4 is 5.32 Å². The molecular weight excluding hydrogens is 270 g/mol. The Kier molecular flexibility index (Phi) is 2.64. The molecule has 2 amide bonds. The second-order valence-electron chi connectivity index (χ2n) is 4.28. The van der Waals surface area contributed by atoms with E-state index in [9.17, 15) is 14.4 Å². The third kappa shape index (κ3) is 1.56. The largest absolute Gasteiger partial charge is 0.289 e. The summed E-state index contributed by atoms with van der Waals surface area (Å²) in [6.07, 6.45) is 1.29. The standard InChI is InChI=1S/C12H9NO3S2/c14-10-7-2-1-5(8(7)11(15)13-10)6-3-4-18-9(6)12(16)17/h3-5H,1-2H2,(H,16,17)(H,13,14,15)/t5-/m1/s1. The van der Waals surface area contributed by atoms with Crippen LogP contribution >= 0.6 is 24.0 Å². The van der Waals surface area contributed by atoms with Gasteiger partial charge in [0.1, 0.15) is 0 Å². The fourth-order valence-electron chi connectivity index (χ4n) is 2.63. The Morgan fingerprint density at radius 2 is 2.17 bits per heavy atom. The van der Waals surface area contributed by atoms with E-state index < -0.39 is 0 Å². The molecule has 0 unspecified atom stereocenters. The second kappa shape index (κ2) is 4.07. The van der Waals surface area contributed by atoms with Crippen LogP contribution in [0, 0.1) is 0 Å². The molecule has 1 aliphatic carbocycles. The molecular formula is C12H9NO3S2. The minimum atomic E-state index is -0.318. The van der Waals surface area contributed by atoms with Crippen molar-refractivity contribution in [2.24, 2.45) is 0 Å². The van der Waals surface area contributed by atoms with Crippen LogP contribution in [0.25, 0.3) is 0 Å². The van der Waals surface area contributed by atoms with E-state index in [0.717, 1.165) is 5.56 Å². The Balaban J connectivity index is 2.07. The van der Waals surface area contributed by atoms with E-state index in [-0.39, 0.29) is 22.8 Å². The van der Waals surface area contributed by atoms with Crippen LogP contribution in [-0.4, -0.2) is 16.9 Å². The summed E-state index contributed by atoms with van der Waals surface area (Å²) in [7, 11) is 0. The van der Waals surface area contributed by atoms with Gasteiger partial charge in [0.15, 0.2) is 0 Å². The van der Waals surface area contributed by atoms with Gasteiger partial charge in [-0.15, -0.1) is 11.3 Å². The van der Waals surface area contributed by atoms with Crippen LogP contribution in [0.5, 0.6) is 0 Å². The highest BCUT2D eigenvalue weighted by Crippen LogP contribution is 2.44. The Labute approximate surface area is 112 Å². The second-order valence-corrected chi connectivity index (χ2v) is 5.60. The van der Waals surface area contributed by atoms with Crippen molar-refractivity contribution in [2.75, 3.05) is 0 Å². The summed E-state index contributed by atoms with van der Waals surface area (Å²) in [5.74, 6) is -0.753. The summed E-state index contributed by atoms with van der Waals surface area (Å²) in [6.45, 7) is 0. The molecule has 2 aliphatic rings. The van der Waals surface area contributed by atoms with Gasteiger partial charge in [0.05, 0.1) is 4.88 Å². The molecule has 18 heavy (non-hydrogen) atoms. The van der Waals surface area contributed by atoms with Crippen molar-refractivity contribution in [1.29, 1.82) is 0 Å². The van der Waals surface area contributed by atoms with E-state index in [1.165, 1.54) is 11.3 Å². The molecule has 0 aromatic carbocycles. The molecule has 1 N–H and O–H groups in total. The monoisotopic (exact) mass is 279 g/mol. The first-order valence-electron chi connectivity index (χ1n) is 5.49. The minimum absolute atomic E-state index is 0.149. The van der Waals surface area contributed by atoms with Crippen molar-refractivity contribution in [3.63, 3.8) is 0 Å². The molecule has 0 saturated heterocycles. The number of thiophene rings is 1. The zero-order valence-electron chi connectivity index (χ0n) is 9.23. The summed E-state index contributed by atoms with van der Waals surface area (Å²) in [4.78, 5) is 35.3. The number of hydrogen-bond donors (Lipinski definition) is 2. The van der Waals surface area contributed by atoms with E-state index in [4.69, 9.17) is 0 Å². The highest BCUT2D eigenvalue weighted by atomic mass is 32.1. The van der Waals surface area contributed by atoms with Gasteiger partial charge in [-0.25, -0.2) is 0 Å². The van der Waals surface area contributed by atoms with Gasteiger partial charge in [-0.2, -0.15) is 0 Å². The highest BCUT2D eigenvalue weighted by molar-refractivity contribution is 7.97. The zero-order chi connectivity index (χ0) is 12.9. The van der Waals surface area contributed by atoms with Gasteiger partial charge < -0.3 is 0 Å². The van der Waals surface area contributed by atoms with Crippen molar-refractivity contribution < 1.29 is 14.4 Å². The first-order chi connectivity index (χ1) is 8.59. The molecule has 0 saturated carbocycles. The molecule has 92 valence electrons. The maximum Gasteiger partial charge on any atom is 0.255 e. The SMILES string of the molecule is O=C1NC(=O)C2=C1CC[C@@H]2c1ccsc1C(=O)S. The Morgan fingerprint density at radius 3 is 2.89 bits per heavy atom. The number of carbonyl (C=O) groups is 3. The summed E-state index contributed by atoms with van der Waals surface area (Å²) >= 11 is 5.16. The van der Waals surface area contributed by atoms with Crippen molar-refractivity contribution in [2.45, 2.75) is 18.8 Å². The summed E-state index contributed by atoms with van der Waals surface area (Å²) in [5.41, 5.74) is 1.93. The van der Waals surface area contributed by atoms with E-state index >= 15 is 0 Å². The van der Waals surface area contributed by atoms with Crippen molar-refractivity contribution >= 4 is 40.9 Å². The molecule has 3 rings (SSSR count). The number of hydrogen-bond acceptors (Lipinski definition) is 4. The van der Waals surface area contributed by atoms with E-state index in [1.54, 1.807) is 0 Å². The fourth-order valence-corrected chi connectivity index (χ4v) is 3.72. The van der Waals surface area contributed by atoms with Gasteiger partial charge in [-0.1, -0.05) is 12.6 Å². The first-order valence-corrected chi connectivity index (χ1v) is 6.81. The van der Waals surface area contributed by atoms with Crippen LogP contribution in [0.3, 0.4) is 0 Å². The van der Waals surface area contributed by atoms with E-state index in [1.807, 2.05) is 11.4 Å². The van der Waals surface area contributed by atoms with Crippen LogP contribution in [0.15, 0.2) is 22.6 Å². The number of rotatable bonds is 2. The molecule has 0 spiro atoms. The van der Waals surface area contributed by atoms with Crippen molar-refractivity contribution in [3.8, 4) is 0 Å². The zero-order valence-corrected chi connectivity index (χ0v) is 10.9. The maximum absolute atomic E-state index is 11.8. The molecule has 1 aliphatic heterocycles. The number of nitrogens with one attached hydrogen (secondary N) is 1. The van der Waals surface area contributed by atoms with Crippen molar-refractivity contribution in [1.82, 2.24) is 5.32 Å². The Hall–Kier alpha value is -1.40. The molecule has 0 bridgehead atoms. The molecule has 6 heteroatoms. The average Bonchev–Trinajstić information content (AvgIpc) is 2.98. The summed E-state index contributed by atoms with van der Waals surface area (Å²) in [5, 5.41) is 3.83. The lowest BCUT2D eigenvalue weighted by Crippen LogP contribution is -2.25. The van der Waals surface area contributed by atoms with Gasteiger partial charge in [0.25, 0.3) is 11.8 Å². The lowest BCUT2D eigenvalue weighted by atomic mass is 9.93. The first kappa shape index (κ1) is 11.7. The molecule has 1 aromatic rings. The smallest absolute Gasteiger partial charge is 0.255 e. The summed E-state index contributed by atoms with van der Waals surface area (Å²) in [6, 6.07) is 1.84. The van der Waals surface area contributed by atoms with Gasteiger partial charge in [-0.05, 0) is 29.9 Å². The summed E-state index contributed by atoms with van der Waals surface area (Å²) < 4.78 is 0. The fraction of sp³-hybridized carbons (Fsp3) is 0.250. The van der Waals surface area contributed by atoms with Gasteiger partial charge >= 0.3 is 0 Å². The minimum Gasteiger partial charge on any atom is -0.289 e. The third-order valence-electron chi connectivity index (χ3n) is 3.37. The van der Waals surface area contributed by atoms with Crippen LogP contribution in [-0.2, 0) is 9.59 Å². The highest BCUT2D eigenvalue weighted by Gasteiger charge is 2.41. The molecule has 0 fully saturated rings. The topological polar surface area (TPSA) is 63.2 Å². The number of amides is 2. The predicted octanol–water partition coefficient (Wildman–Crippen LogP) is 1.65. The molecule has 1 atom stereocenters. The van der Waals surface area contributed by atoms with E-state index in [0.29, 0.717) is 28.9 Å². The molecule has 2 heterocycles. The van der Waals surface area contributed by atoms with Gasteiger partial charge in [-0.3, -0.25) is 19.7 Å². The maximum atomic E-state index is 11.8. The molecule has 4 nitrogen and oxygen atoms in total. The van der Waals surface area contributed by atoms with Gasteiger partial charge in [0, 0.05) is 17.1 Å². The van der Waals surface area contributed by atoms with Crippen LogP contribution in [0.1, 0.15) is 34.0 Å². The van der Waals surface area contributed by atoms with Crippen LogP contribution in [0.4, 0.5) is 0 Å². The number of carbonyl (C=O) groups excluding carboxylic acids is 3. The number of imide groups is 1. The predicted molar refractivity (Wildman–Crippen MR) is 69.8 cm³/mol. The normalized spacial score (nSPS) is 22.4. The third-order valence-corrected chi connectivity index (χ3v) is 4.67.